The minimum atomic E-state index is -4.58. The van der Waals surface area contributed by atoms with Gasteiger partial charge in [-0.3, -0.25) is 19.3 Å². The Morgan fingerprint density at radius 1 is 0.977 bits per heavy atom. The van der Waals surface area contributed by atoms with Gasteiger partial charge in [0, 0.05) is 48.4 Å². The molecule has 0 unspecified atom stereocenters. The average Bonchev–Trinajstić information content (AvgIpc) is 3.80. The zero-order chi connectivity index (χ0) is 31.0. The minimum absolute atomic E-state index is 0.0617. The Labute approximate surface area is 253 Å². The number of nitrogens with zero attached hydrogens (tertiary/aromatic N) is 9. The maximum atomic E-state index is 15.4. The molecule has 0 radical (unpaired) electrons. The van der Waals surface area contributed by atoms with Crippen molar-refractivity contribution in [3.63, 3.8) is 0 Å². The molecular formula is C29H24ClF4N10+. The molecule has 0 fully saturated rings. The molecule has 0 spiro atoms. The van der Waals surface area contributed by atoms with E-state index in [0.717, 1.165) is 18.0 Å². The Hall–Kier alpha value is -4.98. The molecule has 6 aromatic rings. The lowest BCUT2D eigenvalue weighted by molar-refractivity contribution is -0.659. The highest BCUT2D eigenvalue weighted by molar-refractivity contribution is 6.31. The number of H-pyrrole nitrogens is 1. The fourth-order valence-electron chi connectivity index (χ4n) is 4.79. The van der Waals surface area contributed by atoms with Crippen LogP contribution in [0.4, 0.5) is 17.6 Å². The van der Waals surface area contributed by atoms with Gasteiger partial charge < -0.3 is 0 Å². The summed E-state index contributed by atoms with van der Waals surface area (Å²) in [6, 6.07) is 10.6. The van der Waals surface area contributed by atoms with Gasteiger partial charge in [0.25, 0.3) is 6.33 Å². The fourth-order valence-corrected chi connectivity index (χ4v) is 4.95. The summed E-state index contributed by atoms with van der Waals surface area (Å²) in [6.45, 7) is 4.03. The Morgan fingerprint density at radius 2 is 1.82 bits per heavy atom. The van der Waals surface area contributed by atoms with Crippen molar-refractivity contribution in [2.45, 2.75) is 38.5 Å². The number of rotatable bonds is 8. The number of alkyl halides is 3. The van der Waals surface area contributed by atoms with E-state index >= 15 is 4.39 Å². The van der Waals surface area contributed by atoms with Crippen molar-refractivity contribution in [1.29, 1.82) is 0 Å². The van der Waals surface area contributed by atoms with Gasteiger partial charge in [-0.05, 0) is 55.8 Å². The second kappa shape index (κ2) is 11.6. The number of hydrogen-bond acceptors (Lipinski definition) is 6. The topological polar surface area (TPSA) is 107 Å². The van der Waals surface area contributed by atoms with Gasteiger partial charge in [-0.2, -0.15) is 23.4 Å². The van der Waals surface area contributed by atoms with Crippen molar-refractivity contribution in [3.05, 3.63) is 108 Å². The highest BCUT2D eigenvalue weighted by Crippen LogP contribution is 2.34. The van der Waals surface area contributed by atoms with Gasteiger partial charge in [-0.1, -0.05) is 22.9 Å². The van der Waals surface area contributed by atoms with Crippen LogP contribution in [0.25, 0.3) is 27.9 Å². The van der Waals surface area contributed by atoms with E-state index in [1.807, 2.05) is 30.8 Å². The summed E-state index contributed by atoms with van der Waals surface area (Å²) in [7, 11) is 0. The van der Waals surface area contributed by atoms with Gasteiger partial charge in [0.05, 0.1) is 34.2 Å². The first-order valence-electron chi connectivity index (χ1n) is 13.4. The number of halogens is 5. The van der Waals surface area contributed by atoms with Crippen molar-refractivity contribution < 1.29 is 22.2 Å². The van der Waals surface area contributed by atoms with Crippen LogP contribution in [0.1, 0.15) is 43.0 Å². The van der Waals surface area contributed by atoms with Gasteiger partial charge >= 0.3 is 6.18 Å². The third kappa shape index (κ3) is 5.80. The predicted molar refractivity (Wildman–Crippen MR) is 151 cm³/mol. The number of benzene rings is 1. The highest BCUT2D eigenvalue weighted by atomic mass is 35.5. The molecule has 224 valence electrons. The summed E-state index contributed by atoms with van der Waals surface area (Å²) in [5.41, 5.74) is 2.21. The molecule has 0 amide bonds. The van der Waals surface area contributed by atoms with Gasteiger partial charge in [0.15, 0.2) is 11.0 Å². The van der Waals surface area contributed by atoms with Crippen molar-refractivity contribution >= 4 is 11.6 Å². The molecule has 0 aliphatic heterocycles. The van der Waals surface area contributed by atoms with E-state index in [2.05, 4.69) is 35.7 Å². The third-order valence-electron chi connectivity index (χ3n) is 7.03. The number of aromatic nitrogens is 10. The molecule has 1 atom stereocenters. The Balaban J connectivity index is 1.39. The first-order valence-corrected chi connectivity index (χ1v) is 13.8. The van der Waals surface area contributed by atoms with Crippen LogP contribution in [0.5, 0.6) is 0 Å². The lowest BCUT2D eigenvalue weighted by Crippen LogP contribution is -2.33. The van der Waals surface area contributed by atoms with Gasteiger partial charge in [-0.15, -0.1) is 4.68 Å². The molecule has 1 aromatic carbocycles. The zero-order valence-corrected chi connectivity index (χ0v) is 24.0. The second-order valence-electron chi connectivity index (χ2n) is 10.3. The fraction of sp³-hybridized carbons (Fsp3) is 0.207. The average molecular weight is 624 g/mol. The largest absolute Gasteiger partial charge is 0.433 e. The van der Waals surface area contributed by atoms with Crippen molar-refractivity contribution in [1.82, 2.24) is 45.1 Å². The summed E-state index contributed by atoms with van der Waals surface area (Å²) in [5.74, 6) is -0.635. The predicted octanol–water partition coefficient (Wildman–Crippen LogP) is 5.82. The molecule has 0 saturated carbocycles. The summed E-state index contributed by atoms with van der Waals surface area (Å²) in [4.78, 5) is 8.12. The Morgan fingerprint density at radius 3 is 2.50 bits per heavy atom. The van der Waals surface area contributed by atoms with Gasteiger partial charge in [-0.25, -0.2) is 4.39 Å². The second-order valence-corrected chi connectivity index (χ2v) is 10.7. The normalized spacial score (nSPS) is 12.6. The monoisotopic (exact) mass is 623 g/mol. The van der Waals surface area contributed by atoms with Crippen LogP contribution in [0.3, 0.4) is 0 Å². The molecule has 5 heterocycles. The quantitative estimate of drug-likeness (QED) is 0.169. The van der Waals surface area contributed by atoms with E-state index < -0.39 is 23.7 Å². The molecule has 1 N–H and O–H groups in total. The summed E-state index contributed by atoms with van der Waals surface area (Å²) in [5, 5.41) is 19.2. The van der Waals surface area contributed by atoms with Crippen LogP contribution < -0.4 is 4.68 Å². The van der Waals surface area contributed by atoms with E-state index in [4.69, 9.17) is 11.6 Å². The van der Waals surface area contributed by atoms with E-state index in [9.17, 15) is 13.2 Å². The molecule has 0 saturated heterocycles. The molecule has 0 aliphatic carbocycles. The SMILES string of the molecule is CC(C)n1ccc(C[C@@H](c2ccc(-c3c(-[n+]4cnn[nH]4)ccc(Cl)c3F)cn2)n2cc(-c3ccnc(C(F)(F)F)c3)cn2)n1. The number of hydrogen-bond donors (Lipinski definition) is 1. The molecule has 44 heavy (non-hydrogen) atoms. The Kier molecular flexibility index (Phi) is 7.67. The molecule has 5 aromatic heterocycles. The zero-order valence-electron chi connectivity index (χ0n) is 23.3. The van der Waals surface area contributed by atoms with Crippen LogP contribution in [0, 0.1) is 5.82 Å². The summed E-state index contributed by atoms with van der Waals surface area (Å²) < 4.78 is 60.2. The molecule has 0 bridgehead atoms. The van der Waals surface area contributed by atoms with Crippen LogP contribution in [0.2, 0.25) is 5.02 Å². The van der Waals surface area contributed by atoms with Crippen LogP contribution in [0.15, 0.2) is 79.8 Å². The molecular weight excluding hydrogens is 600 g/mol. The Bertz CT molecular complexity index is 1900. The standard InChI is InChI=1S/C29H23ClF4N10/c1-17(2)42-10-8-21(39-42)12-25(43-15-20(14-38-43)18-7-9-35-26(11-18)29(32,33)34)23-5-3-19(13-36-23)27-24(44-16-37-40-41-44)6-4-22(30)28(27)31/h3-11,13-17,25H,12H2,1-2H3/p+1/t25-/m0/s1. The van der Waals surface area contributed by atoms with Gasteiger partial charge in [0.2, 0.25) is 0 Å². The van der Waals surface area contributed by atoms with Gasteiger partial charge in [0.1, 0.15) is 16.5 Å². The molecule has 15 heteroatoms. The van der Waals surface area contributed by atoms with Crippen molar-refractivity contribution in [2.24, 2.45) is 0 Å². The van der Waals surface area contributed by atoms with E-state index in [0.29, 0.717) is 34.5 Å². The number of aromatic amines is 1. The lowest BCUT2D eigenvalue weighted by Gasteiger charge is -2.17. The highest BCUT2D eigenvalue weighted by Gasteiger charge is 2.32. The number of tetrazole rings is 1. The molecule has 0 aliphatic rings. The van der Waals surface area contributed by atoms with E-state index in [1.54, 1.807) is 29.1 Å². The van der Waals surface area contributed by atoms with Crippen molar-refractivity contribution in [3.8, 4) is 27.9 Å². The minimum Gasteiger partial charge on any atom is -0.270 e. The maximum Gasteiger partial charge on any atom is 0.433 e. The third-order valence-corrected chi connectivity index (χ3v) is 7.32. The van der Waals surface area contributed by atoms with E-state index in [1.165, 1.54) is 35.5 Å². The summed E-state index contributed by atoms with van der Waals surface area (Å²) >= 11 is 6.13. The van der Waals surface area contributed by atoms with Crippen LogP contribution in [-0.4, -0.2) is 45.1 Å². The number of pyridine rings is 2. The summed E-state index contributed by atoms with van der Waals surface area (Å²) in [6.07, 6.45) is 4.87. The first-order chi connectivity index (χ1) is 21.1. The van der Waals surface area contributed by atoms with Crippen molar-refractivity contribution in [2.75, 3.05) is 0 Å². The smallest absolute Gasteiger partial charge is 0.270 e. The van der Waals surface area contributed by atoms with Crippen LogP contribution >= 0.6 is 11.6 Å². The molecule has 6 rings (SSSR count). The lowest BCUT2D eigenvalue weighted by atomic mass is 10.0. The van der Waals surface area contributed by atoms with Crippen LogP contribution in [-0.2, 0) is 12.6 Å². The maximum absolute atomic E-state index is 15.4. The van der Waals surface area contributed by atoms with E-state index in [-0.39, 0.29) is 16.6 Å². The molecule has 10 nitrogen and oxygen atoms in total. The first kappa shape index (κ1) is 29.1. The number of nitrogens with one attached hydrogen (secondary N) is 1.